The van der Waals surface area contributed by atoms with Gasteiger partial charge in [0.05, 0.1) is 13.0 Å². The van der Waals surface area contributed by atoms with Crippen molar-refractivity contribution in [3.63, 3.8) is 0 Å². The van der Waals surface area contributed by atoms with E-state index >= 15 is 0 Å². The Morgan fingerprint density at radius 1 is 0.829 bits per heavy atom. The molecule has 1 aliphatic rings. The van der Waals surface area contributed by atoms with Crippen molar-refractivity contribution in [3.05, 3.63) is 106 Å². The van der Waals surface area contributed by atoms with E-state index in [9.17, 15) is 30.0 Å². The van der Waals surface area contributed by atoms with Crippen LogP contribution >= 0.6 is 0 Å². The number of carbonyl (C=O) groups excluding carboxylic acids is 1. The molecule has 0 spiro atoms. The van der Waals surface area contributed by atoms with Gasteiger partial charge in [0.25, 0.3) is 0 Å². The number of aromatic hydroxyl groups is 4. The molecule has 0 saturated heterocycles. The standard InChI is InChI=1S/C32H24O9/c33-21-11-10-18(14-22(21)34)31-30(38)29(37)28-23(35)16-25-27(32(28)41-31)20(15-26(36)40-25)19-8-4-5-9-24(19)39-13-12-17-6-2-1-3-7-17/h1-11,14,16,20,33-35,38H,12-13,15H2/t20-/m1/s1. The van der Waals surface area contributed by atoms with Crippen LogP contribution in [0.15, 0.2) is 88.1 Å². The Morgan fingerprint density at radius 3 is 2.37 bits per heavy atom. The molecule has 1 atom stereocenters. The zero-order valence-electron chi connectivity index (χ0n) is 21.5. The third-order valence-corrected chi connectivity index (χ3v) is 7.09. The molecule has 0 saturated carbocycles. The van der Waals surface area contributed by atoms with Gasteiger partial charge < -0.3 is 34.3 Å². The van der Waals surface area contributed by atoms with Crippen molar-refractivity contribution in [3.8, 4) is 45.8 Å². The largest absolute Gasteiger partial charge is 0.507 e. The molecule has 4 aromatic carbocycles. The van der Waals surface area contributed by atoms with Crippen molar-refractivity contribution < 1.29 is 39.1 Å². The summed E-state index contributed by atoms with van der Waals surface area (Å²) >= 11 is 0. The van der Waals surface area contributed by atoms with Gasteiger partial charge in [0.1, 0.15) is 28.2 Å². The highest BCUT2D eigenvalue weighted by atomic mass is 16.5. The smallest absolute Gasteiger partial charge is 0.312 e. The molecule has 0 radical (unpaired) electrons. The molecule has 0 unspecified atom stereocenters. The number of rotatable bonds is 6. The van der Waals surface area contributed by atoms with Crippen molar-refractivity contribution in [1.29, 1.82) is 0 Å². The van der Waals surface area contributed by atoms with E-state index in [2.05, 4.69) is 0 Å². The van der Waals surface area contributed by atoms with Gasteiger partial charge in [-0.25, -0.2) is 0 Å². The molecule has 2 heterocycles. The number of esters is 1. The number of carbonyl (C=O) groups is 1. The Hall–Kier alpha value is -5.44. The average Bonchev–Trinajstić information content (AvgIpc) is 2.96. The Balaban J connectivity index is 1.50. The minimum atomic E-state index is -0.919. The van der Waals surface area contributed by atoms with Gasteiger partial charge in [-0.2, -0.15) is 0 Å². The van der Waals surface area contributed by atoms with Crippen molar-refractivity contribution in [2.75, 3.05) is 6.61 Å². The van der Waals surface area contributed by atoms with Gasteiger partial charge >= 0.3 is 5.97 Å². The van der Waals surface area contributed by atoms with E-state index in [-0.39, 0.29) is 34.5 Å². The summed E-state index contributed by atoms with van der Waals surface area (Å²) in [6.07, 6.45) is 0.554. The molecule has 0 amide bonds. The summed E-state index contributed by atoms with van der Waals surface area (Å²) in [7, 11) is 0. The second-order valence-corrected chi connectivity index (χ2v) is 9.68. The SMILES string of the molecule is O=C1C[C@H](c2ccccc2OCCc2ccccc2)c2c(cc(O)c3c(=O)c(O)c(-c4ccc(O)c(O)c4)oc23)O1. The molecule has 0 bridgehead atoms. The van der Waals surface area contributed by atoms with Crippen LogP contribution in [0, 0.1) is 0 Å². The van der Waals surface area contributed by atoms with Crippen LogP contribution in [0.1, 0.15) is 29.0 Å². The predicted octanol–water partition coefficient (Wildman–Crippen LogP) is 5.34. The number of ether oxygens (including phenoxy) is 2. The number of hydrogen-bond donors (Lipinski definition) is 4. The van der Waals surface area contributed by atoms with Crippen molar-refractivity contribution in [2.45, 2.75) is 18.8 Å². The molecule has 5 aromatic rings. The quantitative estimate of drug-likeness (QED) is 0.124. The van der Waals surface area contributed by atoms with Gasteiger partial charge in [-0.15, -0.1) is 0 Å². The monoisotopic (exact) mass is 552 g/mol. The van der Waals surface area contributed by atoms with Crippen LogP contribution < -0.4 is 14.9 Å². The third-order valence-electron chi connectivity index (χ3n) is 7.09. The van der Waals surface area contributed by atoms with E-state index in [1.165, 1.54) is 12.1 Å². The molecule has 1 aromatic heterocycles. The summed E-state index contributed by atoms with van der Waals surface area (Å²) in [6.45, 7) is 0.374. The molecule has 41 heavy (non-hydrogen) atoms. The molecule has 206 valence electrons. The van der Waals surface area contributed by atoms with E-state index in [1.54, 1.807) is 18.2 Å². The minimum absolute atomic E-state index is 0.00341. The number of phenols is 3. The van der Waals surface area contributed by atoms with Crippen LogP contribution in [0.2, 0.25) is 0 Å². The maximum absolute atomic E-state index is 13.3. The number of hydrogen-bond acceptors (Lipinski definition) is 9. The van der Waals surface area contributed by atoms with E-state index in [1.807, 2.05) is 36.4 Å². The second-order valence-electron chi connectivity index (χ2n) is 9.68. The highest BCUT2D eigenvalue weighted by Gasteiger charge is 2.35. The molecule has 1 aliphatic heterocycles. The van der Waals surface area contributed by atoms with E-state index < -0.39 is 40.3 Å². The maximum Gasteiger partial charge on any atom is 0.312 e. The summed E-state index contributed by atoms with van der Waals surface area (Å²) in [5.74, 6) is -3.23. The maximum atomic E-state index is 13.3. The lowest BCUT2D eigenvalue weighted by Crippen LogP contribution is -2.22. The average molecular weight is 553 g/mol. The summed E-state index contributed by atoms with van der Waals surface area (Å²) in [6, 6.07) is 21.9. The summed E-state index contributed by atoms with van der Waals surface area (Å²) in [4.78, 5) is 26.0. The summed E-state index contributed by atoms with van der Waals surface area (Å²) < 4.78 is 17.7. The molecular formula is C32H24O9. The van der Waals surface area contributed by atoms with Crippen LogP contribution in [0.5, 0.6) is 34.5 Å². The van der Waals surface area contributed by atoms with Crippen LogP contribution in [0.4, 0.5) is 0 Å². The van der Waals surface area contributed by atoms with Gasteiger partial charge in [-0.3, -0.25) is 9.59 Å². The number of phenolic OH excluding ortho intramolecular Hbond substituents is 3. The Labute approximate surface area is 233 Å². The van der Waals surface area contributed by atoms with Gasteiger partial charge in [0, 0.05) is 35.1 Å². The topological polar surface area (TPSA) is 147 Å². The molecule has 9 nitrogen and oxygen atoms in total. The van der Waals surface area contributed by atoms with Gasteiger partial charge in [-0.05, 0) is 29.8 Å². The Bertz CT molecular complexity index is 1860. The van der Waals surface area contributed by atoms with E-state index in [0.29, 0.717) is 29.9 Å². The van der Waals surface area contributed by atoms with Crippen LogP contribution in [-0.4, -0.2) is 33.0 Å². The van der Waals surface area contributed by atoms with Crippen LogP contribution in [-0.2, 0) is 11.2 Å². The first-order valence-electron chi connectivity index (χ1n) is 12.9. The first-order chi connectivity index (χ1) is 19.8. The molecule has 6 rings (SSSR count). The lowest BCUT2D eigenvalue weighted by molar-refractivity contribution is -0.135. The molecule has 0 fully saturated rings. The Morgan fingerprint density at radius 2 is 1.59 bits per heavy atom. The van der Waals surface area contributed by atoms with E-state index in [4.69, 9.17) is 13.9 Å². The normalized spacial score (nSPS) is 14.4. The molecular weight excluding hydrogens is 528 g/mol. The summed E-state index contributed by atoms with van der Waals surface area (Å²) in [5, 5.41) is 40.9. The van der Waals surface area contributed by atoms with Crippen molar-refractivity contribution in [1.82, 2.24) is 0 Å². The Kier molecular flexibility index (Phi) is 6.47. The fourth-order valence-corrected chi connectivity index (χ4v) is 5.13. The second kappa shape index (κ2) is 10.3. The first kappa shape index (κ1) is 25.8. The van der Waals surface area contributed by atoms with Gasteiger partial charge in [0.2, 0.25) is 11.2 Å². The molecule has 9 heteroatoms. The zero-order chi connectivity index (χ0) is 28.7. The lowest BCUT2D eigenvalue weighted by Gasteiger charge is -2.27. The van der Waals surface area contributed by atoms with Crippen LogP contribution in [0.25, 0.3) is 22.3 Å². The first-order valence-corrected chi connectivity index (χ1v) is 12.9. The highest BCUT2D eigenvalue weighted by molar-refractivity contribution is 5.94. The van der Waals surface area contributed by atoms with Crippen LogP contribution in [0.3, 0.4) is 0 Å². The van der Waals surface area contributed by atoms with Crippen molar-refractivity contribution in [2.24, 2.45) is 0 Å². The lowest BCUT2D eigenvalue weighted by atomic mass is 9.84. The van der Waals surface area contributed by atoms with E-state index in [0.717, 1.165) is 17.7 Å². The fourth-order valence-electron chi connectivity index (χ4n) is 5.13. The number of fused-ring (bicyclic) bond motifs is 3. The van der Waals surface area contributed by atoms with Crippen molar-refractivity contribution >= 4 is 16.9 Å². The fraction of sp³-hybridized carbons (Fsp3) is 0.125. The number of para-hydroxylation sites is 1. The highest BCUT2D eigenvalue weighted by Crippen LogP contribution is 2.48. The summed E-state index contributed by atoms with van der Waals surface area (Å²) in [5.41, 5.74) is 1.15. The minimum Gasteiger partial charge on any atom is -0.507 e. The molecule has 0 aliphatic carbocycles. The third kappa shape index (κ3) is 4.67. The van der Waals surface area contributed by atoms with Gasteiger partial charge in [0.15, 0.2) is 17.3 Å². The predicted molar refractivity (Wildman–Crippen MR) is 149 cm³/mol. The number of benzene rings is 4. The molecule has 4 N–H and O–H groups in total. The zero-order valence-corrected chi connectivity index (χ0v) is 21.5. The van der Waals surface area contributed by atoms with Gasteiger partial charge in [-0.1, -0.05) is 48.5 Å².